The van der Waals surface area contributed by atoms with Gasteiger partial charge in [-0.2, -0.15) is 5.10 Å². The van der Waals surface area contributed by atoms with Crippen molar-refractivity contribution in [2.45, 2.75) is 25.0 Å². The zero-order chi connectivity index (χ0) is 22.3. The second-order valence-corrected chi connectivity index (χ2v) is 8.03. The lowest BCUT2D eigenvalue weighted by Gasteiger charge is -2.19. The van der Waals surface area contributed by atoms with E-state index < -0.39 is 30.4 Å². The summed E-state index contributed by atoms with van der Waals surface area (Å²) in [6.45, 7) is 1.37. The molecule has 1 aromatic carbocycles. The molecule has 4 rings (SSSR count). The Hall–Kier alpha value is -2.49. The van der Waals surface area contributed by atoms with Crippen LogP contribution in [-0.2, 0) is 0 Å². The second kappa shape index (κ2) is 8.22. The molecule has 31 heavy (non-hydrogen) atoms. The van der Waals surface area contributed by atoms with Gasteiger partial charge in [0.05, 0.1) is 17.8 Å². The maximum atomic E-state index is 14.0. The fourth-order valence-electron chi connectivity index (χ4n) is 3.46. The molecule has 2 unspecified atom stereocenters. The molecule has 0 aliphatic carbocycles. The Balaban J connectivity index is 1.61. The average Bonchev–Trinajstić information content (AvgIpc) is 3.32. The van der Waals surface area contributed by atoms with Crippen molar-refractivity contribution in [3.8, 4) is 16.9 Å². The molecule has 164 valence electrons. The van der Waals surface area contributed by atoms with E-state index in [0.29, 0.717) is 11.1 Å². The molecule has 6 nitrogen and oxygen atoms in total. The van der Waals surface area contributed by atoms with E-state index in [4.69, 9.17) is 33.7 Å². The van der Waals surface area contributed by atoms with E-state index in [1.54, 1.807) is 13.0 Å². The number of nitrogens with zero attached hydrogens (tertiary/aromatic N) is 3. The Morgan fingerprint density at radius 2 is 2.06 bits per heavy atom. The number of ether oxygens (including phenoxy) is 1. The molecular weight excluding hydrogens is 454 g/mol. The van der Waals surface area contributed by atoms with E-state index in [9.17, 15) is 13.2 Å². The summed E-state index contributed by atoms with van der Waals surface area (Å²) in [6.07, 6.45) is 3.74. The van der Waals surface area contributed by atoms with Crippen molar-refractivity contribution in [3.63, 3.8) is 0 Å². The molecule has 0 spiro atoms. The number of halogens is 5. The molecule has 1 aliphatic heterocycles. The van der Waals surface area contributed by atoms with Gasteiger partial charge in [-0.3, -0.25) is 4.68 Å². The maximum Gasteiger partial charge on any atom is 0.283 e. The topological polar surface area (TPSA) is 78.0 Å². The molecule has 1 aliphatic rings. The fourth-order valence-corrected chi connectivity index (χ4v) is 4.14. The first kappa shape index (κ1) is 21.7. The molecule has 1 saturated heterocycles. The third-order valence-electron chi connectivity index (χ3n) is 5.11. The van der Waals surface area contributed by atoms with Gasteiger partial charge in [0.2, 0.25) is 0 Å². The van der Waals surface area contributed by atoms with Crippen molar-refractivity contribution >= 4 is 29.0 Å². The van der Waals surface area contributed by atoms with Crippen LogP contribution in [0.4, 0.5) is 19.0 Å². The monoisotopic (exact) mass is 471 g/mol. The van der Waals surface area contributed by atoms with Gasteiger partial charge in [0, 0.05) is 40.7 Å². The predicted octanol–water partition coefficient (Wildman–Crippen LogP) is 4.89. The van der Waals surface area contributed by atoms with E-state index in [2.05, 4.69) is 15.4 Å². The minimum atomic E-state index is -2.89. The number of aromatic nitrogens is 3. The van der Waals surface area contributed by atoms with E-state index in [-0.39, 0.29) is 33.7 Å². The molecule has 2 aromatic heterocycles. The first-order valence-electron chi connectivity index (χ1n) is 9.36. The molecule has 0 bridgehead atoms. The van der Waals surface area contributed by atoms with Crippen LogP contribution in [0.1, 0.15) is 24.6 Å². The standard InChI is InChI=1S/C20H18Cl2F3N5O/c1-10(17-13(21)2-3-14(23)18(17)22)31-15-4-11(5-28-19(15)26)12-6-29-30(8-12)16-7-27-9-20(16,24)25/h2-6,8,10,16,27H,7,9H2,1H3,(H2,26,28). The summed E-state index contributed by atoms with van der Waals surface area (Å²) in [4.78, 5) is 4.12. The third-order valence-corrected chi connectivity index (χ3v) is 5.83. The third kappa shape index (κ3) is 4.17. The Labute approximate surface area is 186 Å². The van der Waals surface area contributed by atoms with Crippen LogP contribution >= 0.6 is 23.2 Å². The Kier molecular flexibility index (Phi) is 5.76. The number of benzene rings is 1. The SMILES string of the molecule is CC(Oc1cc(-c2cnn(C3CNCC3(F)F)c2)cnc1N)c1c(Cl)ccc(F)c1Cl. The predicted molar refractivity (Wildman–Crippen MR) is 112 cm³/mol. The van der Waals surface area contributed by atoms with E-state index in [1.807, 2.05) is 0 Å². The molecule has 3 N–H and O–H groups in total. The number of alkyl halides is 2. The summed E-state index contributed by atoms with van der Waals surface area (Å²) in [7, 11) is 0. The van der Waals surface area contributed by atoms with Crippen LogP contribution in [0.3, 0.4) is 0 Å². The smallest absolute Gasteiger partial charge is 0.283 e. The Morgan fingerprint density at radius 3 is 2.77 bits per heavy atom. The number of hydrogen-bond acceptors (Lipinski definition) is 5. The molecule has 0 amide bonds. The van der Waals surface area contributed by atoms with Crippen LogP contribution in [0.15, 0.2) is 36.8 Å². The normalized spacial score (nSPS) is 18.8. The number of hydrogen-bond donors (Lipinski definition) is 2. The van der Waals surface area contributed by atoms with E-state index >= 15 is 0 Å². The second-order valence-electron chi connectivity index (χ2n) is 7.24. The van der Waals surface area contributed by atoms with Crippen molar-refractivity contribution in [1.82, 2.24) is 20.1 Å². The largest absolute Gasteiger partial charge is 0.482 e. The van der Waals surface area contributed by atoms with Gasteiger partial charge in [-0.25, -0.2) is 18.2 Å². The Morgan fingerprint density at radius 1 is 1.29 bits per heavy atom. The first-order valence-corrected chi connectivity index (χ1v) is 10.1. The van der Waals surface area contributed by atoms with Crippen LogP contribution in [-0.4, -0.2) is 33.8 Å². The van der Waals surface area contributed by atoms with Crippen molar-refractivity contribution in [1.29, 1.82) is 0 Å². The van der Waals surface area contributed by atoms with Crippen molar-refractivity contribution in [3.05, 3.63) is 58.2 Å². The minimum Gasteiger partial charge on any atom is -0.482 e. The van der Waals surface area contributed by atoms with Gasteiger partial charge in [-0.15, -0.1) is 0 Å². The molecule has 0 saturated carbocycles. The number of nitrogens with two attached hydrogens (primary N) is 1. The summed E-state index contributed by atoms with van der Waals surface area (Å²) in [6, 6.07) is 3.08. The van der Waals surface area contributed by atoms with E-state index in [0.717, 1.165) is 0 Å². The molecule has 1 fully saturated rings. The van der Waals surface area contributed by atoms with Gasteiger partial charge in [0.15, 0.2) is 11.6 Å². The van der Waals surface area contributed by atoms with Gasteiger partial charge in [-0.1, -0.05) is 23.2 Å². The molecule has 3 heterocycles. The highest BCUT2D eigenvalue weighted by atomic mass is 35.5. The quantitative estimate of drug-likeness (QED) is 0.517. The maximum absolute atomic E-state index is 14.0. The summed E-state index contributed by atoms with van der Waals surface area (Å²) >= 11 is 12.2. The molecule has 11 heteroatoms. The van der Waals surface area contributed by atoms with Crippen LogP contribution in [0.5, 0.6) is 5.75 Å². The lowest BCUT2D eigenvalue weighted by atomic mass is 10.1. The molecular formula is C20H18Cl2F3N5O. The lowest BCUT2D eigenvalue weighted by Crippen LogP contribution is -2.29. The van der Waals surface area contributed by atoms with Crippen LogP contribution in [0.25, 0.3) is 11.1 Å². The highest BCUT2D eigenvalue weighted by Crippen LogP contribution is 2.37. The summed E-state index contributed by atoms with van der Waals surface area (Å²) < 4.78 is 49.0. The Bertz CT molecular complexity index is 1120. The zero-order valence-corrected chi connectivity index (χ0v) is 17.8. The molecule has 0 radical (unpaired) electrons. The van der Waals surface area contributed by atoms with Gasteiger partial charge in [-0.05, 0) is 25.1 Å². The number of nitrogen functional groups attached to an aromatic ring is 1. The number of rotatable bonds is 5. The zero-order valence-electron chi connectivity index (χ0n) is 16.3. The highest BCUT2D eigenvalue weighted by molar-refractivity contribution is 6.36. The minimum absolute atomic E-state index is 0.0955. The van der Waals surface area contributed by atoms with Crippen molar-refractivity contribution in [2.24, 2.45) is 0 Å². The van der Waals surface area contributed by atoms with Crippen molar-refractivity contribution in [2.75, 3.05) is 18.8 Å². The number of nitrogens with one attached hydrogen (secondary N) is 1. The van der Waals surface area contributed by atoms with E-state index in [1.165, 1.54) is 35.4 Å². The summed E-state index contributed by atoms with van der Waals surface area (Å²) in [5, 5.41) is 6.85. The van der Waals surface area contributed by atoms with Crippen LogP contribution in [0, 0.1) is 5.82 Å². The fraction of sp³-hybridized carbons (Fsp3) is 0.300. The van der Waals surface area contributed by atoms with Crippen LogP contribution < -0.4 is 15.8 Å². The first-order chi connectivity index (χ1) is 14.7. The van der Waals surface area contributed by atoms with Gasteiger partial charge < -0.3 is 15.8 Å². The number of anilines is 1. The summed E-state index contributed by atoms with van der Waals surface area (Å²) in [5.74, 6) is -3.21. The number of pyridine rings is 1. The van der Waals surface area contributed by atoms with Crippen LogP contribution in [0.2, 0.25) is 10.0 Å². The van der Waals surface area contributed by atoms with Gasteiger partial charge in [0.25, 0.3) is 5.92 Å². The van der Waals surface area contributed by atoms with Gasteiger partial charge in [0.1, 0.15) is 18.0 Å². The molecule has 2 atom stereocenters. The highest BCUT2D eigenvalue weighted by Gasteiger charge is 2.45. The molecule has 3 aromatic rings. The average molecular weight is 472 g/mol. The van der Waals surface area contributed by atoms with Gasteiger partial charge >= 0.3 is 0 Å². The lowest BCUT2D eigenvalue weighted by molar-refractivity contribution is -0.0195. The summed E-state index contributed by atoms with van der Waals surface area (Å²) in [5.41, 5.74) is 7.34. The van der Waals surface area contributed by atoms with Crippen molar-refractivity contribution < 1.29 is 17.9 Å².